The number of rotatable bonds is 4. The molecule has 0 aliphatic heterocycles. The van der Waals surface area contributed by atoms with Gasteiger partial charge in [0.2, 0.25) is 0 Å². The predicted molar refractivity (Wildman–Crippen MR) is 80.4 cm³/mol. The molecule has 0 unspecified atom stereocenters. The van der Waals surface area contributed by atoms with Gasteiger partial charge in [0.15, 0.2) is 0 Å². The van der Waals surface area contributed by atoms with E-state index in [9.17, 15) is 9.18 Å². The number of hydrogen-bond donors (Lipinski definition) is 3. The molecule has 2 rings (SSSR count). The molecule has 0 saturated carbocycles. The molecule has 0 aliphatic rings. The highest BCUT2D eigenvalue weighted by Gasteiger charge is 2.15. The largest absolute Gasteiger partial charge is 0.321 e. The van der Waals surface area contributed by atoms with E-state index in [0.717, 1.165) is 4.90 Å². The van der Waals surface area contributed by atoms with Gasteiger partial charge in [-0.05, 0) is 30.5 Å². The zero-order valence-electron chi connectivity index (χ0n) is 10.8. The molecule has 2 aromatic carbocycles. The Morgan fingerprint density at radius 2 is 1.95 bits per heavy atom. The number of nitrogen functional groups attached to an aromatic ring is 1. The molecular formula is C14H14FN3OS. The molecule has 6 heteroatoms. The molecular weight excluding hydrogens is 277 g/mol. The van der Waals surface area contributed by atoms with E-state index >= 15 is 0 Å². The van der Waals surface area contributed by atoms with Gasteiger partial charge in [0.1, 0.15) is 5.82 Å². The molecule has 20 heavy (non-hydrogen) atoms. The number of thioether (sulfide) groups is 1. The van der Waals surface area contributed by atoms with E-state index in [1.807, 2.05) is 24.5 Å². The number of carbonyl (C=O) groups excluding carboxylic acids is 1. The summed E-state index contributed by atoms with van der Waals surface area (Å²) in [5, 5.41) is 2.76. The Labute approximate surface area is 120 Å². The van der Waals surface area contributed by atoms with Gasteiger partial charge in [0, 0.05) is 4.90 Å². The van der Waals surface area contributed by atoms with Crippen molar-refractivity contribution in [1.29, 1.82) is 0 Å². The van der Waals surface area contributed by atoms with Gasteiger partial charge in [-0.15, -0.1) is 11.8 Å². The summed E-state index contributed by atoms with van der Waals surface area (Å²) in [7, 11) is 0. The average molecular weight is 291 g/mol. The zero-order chi connectivity index (χ0) is 14.5. The Morgan fingerprint density at radius 3 is 2.65 bits per heavy atom. The maximum atomic E-state index is 13.6. The lowest BCUT2D eigenvalue weighted by atomic mass is 10.1. The van der Waals surface area contributed by atoms with E-state index in [1.165, 1.54) is 30.0 Å². The van der Waals surface area contributed by atoms with Crippen molar-refractivity contribution in [3.05, 3.63) is 53.8 Å². The highest BCUT2D eigenvalue weighted by molar-refractivity contribution is 7.98. The topological polar surface area (TPSA) is 67.2 Å². The predicted octanol–water partition coefficient (Wildman–Crippen LogP) is 3.09. The number of amides is 1. The van der Waals surface area contributed by atoms with E-state index in [-0.39, 0.29) is 11.3 Å². The van der Waals surface area contributed by atoms with Crippen LogP contribution in [0.4, 0.5) is 15.8 Å². The molecule has 104 valence electrons. The number of hydrazine groups is 1. The molecule has 0 saturated heterocycles. The summed E-state index contributed by atoms with van der Waals surface area (Å²) in [5.74, 6) is 4.28. The van der Waals surface area contributed by atoms with Crippen LogP contribution in [0.15, 0.2) is 47.4 Å². The number of anilines is 2. The maximum Gasteiger partial charge on any atom is 0.257 e. The second kappa shape index (κ2) is 6.40. The number of para-hydroxylation sites is 2. The van der Waals surface area contributed by atoms with Crippen molar-refractivity contribution < 1.29 is 9.18 Å². The Balaban J connectivity index is 2.31. The zero-order valence-corrected chi connectivity index (χ0v) is 11.6. The summed E-state index contributed by atoms with van der Waals surface area (Å²) in [6, 6.07) is 11.6. The molecule has 0 aliphatic carbocycles. The summed E-state index contributed by atoms with van der Waals surface area (Å²) in [5.41, 5.74) is 3.03. The van der Waals surface area contributed by atoms with Gasteiger partial charge < -0.3 is 10.7 Å². The molecule has 4 N–H and O–H groups in total. The van der Waals surface area contributed by atoms with Crippen molar-refractivity contribution in [3.63, 3.8) is 0 Å². The van der Waals surface area contributed by atoms with E-state index in [1.54, 1.807) is 6.07 Å². The first-order valence-corrected chi connectivity index (χ1v) is 7.09. The molecule has 0 spiro atoms. The summed E-state index contributed by atoms with van der Waals surface area (Å²) in [4.78, 5) is 13.2. The minimum absolute atomic E-state index is 0.0216. The van der Waals surface area contributed by atoms with Crippen LogP contribution in [-0.2, 0) is 0 Å². The first kappa shape index (κ1) is 14.4. The summed E-state index contributed by atoms with van der Waals surface area (Å²) < 4.78 is 13.6. The molecule has 4 nitrogen and oxygen atoms in total. The summed E-state index contributed by atoms with van der Waals surface area (Å²) >= 11 is 1.52. The van der Waals surface area contributed by atoms with Gasteiger partial charge in [-0.3, -0.25) is 10.6 Å². The Morgan fingerprint density at radius 1 is 1.20 bits per heavy atom. The number of benzene rings is 2. The van der Waals surface area contributed by atoms with Crippen LogP contribution in [-0.4, -0.2) is 12.2 Å². The van der Waals surface area contributed by atoms with Crippen LogP contribution in [0.2, 0.25) is 0 Å². The first-order chi connectivity index (χ1) is 9.67. The summed E-state index contributed by atoms with van der Waals surface area (Å²) in [6.07, 6.45) is 1.92. The van der Waals surface area contributed by atoms with E-state index in [0.29, 0.717) is 5.69 Å². The number of nitrogens with one attached hydrogen (secondary N) is 2. The van der Waals surface area contributed by atoms with Gasteiger partial charge in [0.05, 0.1) is 16.9 Å². The van der Waals surface area contributed by atoms with Crippen LogP contribution in [0.3, 0.4) is 0 Å². The lowest BCUT2D eigenvalue weighted by Crippen LogP contribution is -2.18. The van der Waals surface area contributed by atoms with Crippen molar-refractivity contribution in [1.82, 2.24) is 0 Å². The van der Waals surface area contributed by atoms with Crippen LogP contribution < -0.4 is 16.6 Å². The fourth-order valence-corrected chi connectivity index (χ4v) is 2.35. The van der Waals surface area contributed by atoms with Crippen molar-refractivity contribution in [2.75, 3.05) is 17.0 Å². The van der Waals surface area contributed by atoms with Crippen molar-refractivity contribution in [2.45, 2.75) is 4.90 Å². The van der Waals surface area contributed by atoms with E-state index in [2.05, 4.69) is 10.7 Å². The highest BCUT2D eigenvalue weighted by Crippen LogP contribution is 2.26. The lowest BCUT2D eigenvalue weighted by molar-refractivity contribution is 0.102. The van der Waals surface area contributed by atoms with Gasteiger partial charge in [-0.1, -0.05) is 18.2 Å². The Hall–Kier alpha value is -2.05. The smallest absolute Gasteiger partial charge is 0.257 e. The molecule has 2 aromatic rings. The van der Waals surface area contributed by atoms with Crippen LogP contribution in [0.5, 0.6) is 0 Å². The normalized spacial score (nSPS) is 10.2. The SMILES string of the molecule is CSc1ccccc1NC(=O)c1cccc(F)c1NN. The highest BCUT2D eigenvalue weighted by atomic mass is 32.2. The molecule has 0 bridgehead atoms. The second-order valence-electron chi connectivity index (χ2n) is 3.96. The fourth-order valence-electron chi connectivity index (χ4n) is 1.80. The van der Waals surface area contributed by atoms with Crippen molar-refractivity contribution in [2.24, 2.45) is 5.84 Å². The van der Waals surface area contributed by atoms with Gasteiger partial charge >= 0.3 is 0 Å². The van der Waals surface area contributed by atoms with E-state index in [4.69, 9.17) is 5.84 Å². The monoisotopic (exact) mass is 291 g/mol. The molecule has 0 radical (unpaired) electrons. The summed E-state index contributed by atoms with van der Waals surface area (Å²) in [6.45, 7) is 0. The van der Waals surface area contributed by atoms with Crippen molar-refractivity contribution >= 4 is 29.0 Å². The number of hydrogen-bond acceptors (Lipinski definition) is 4. The number of halogens is 1. The van der Waals surface area contributed by atoms with Gasteiger partial charge in [-0.25, -0.2) is 4.39 Å². The lowest BCUT2D eigenvalue weighted by Gasteiger charge is -2.12. The molecule has 0 heterocycles. The fraction of sp³-hybridized carbons (Fsp3) is 0.0714. The standard InChI is InChI=1S/C14H14FN3OS/c1-20-12-8-3-2-7-11(12)17-14(19)9-5-4-6-10(15)13(9)18-16/h2-8,18H,16H2,1H3,(H,17,19). The maximum absolute atomic E-state index is 13.6. The average Bonchev–Trinajstić information content (AvgIpc) is 2.47. The van der Waals surface area contributed by atoms with Crippen LogP contribution in [0.25, 0.3) is 0 Å². The van der Waals surface area contributed by atoms with E-state index < -0.39 is 11.7 Å². The Bertz CT molecular complexity index is 634. The van der Waals surface area contributed by atoms with Crippen LogP contribution in [0.1, 0.15) is 10.4 Å². The minimum atomic E-state index is -0.571. The third-order valence-corrected chi connectivity index (χ3v) is 3.55. The minimum Gasteiger partial charge on any atom is -0.321 e. The number of nitrogens with two attached hydrogens (primary N) is 1. The molecule has 0 aromatic heterocycles. The second-order valence-corrected chi connectivity index (χ2v) is 4.81. The van der Waals surface area contributed by atoms with Gasteiger partial charge in [0.25, 0.3) is 5.91 Å². The molecule has 1 amide bonds. The quantitative estimate of drug-likeness (QED) is 0.460. The van der Waals surface area contributed by atoms with Crippen LogP contribution >= 0.6 is 11.8 Å². The Kier molecular flexibility index (Phi) is 4.60. The molecule has 0 fully saturated rings. The van der Waals surface area contributed by atoms with Crippen LogP contribution in [0, 0.1) is 5.82 Å². The van der Waals surface area contributed by atoms with Crippen molar-refractivity contribution in [3.8, 4) is 0 Å². The third-order valence-electron chi connectivity index (χ3n) is 2.76. The number of carbonyl (C=O) groups is 1. The first-order valence-electron chi connectivity index (χ1n) is 5.87. The molecule has 0 atom stereocenters. The third kappa shape index (κ3) is 2.92. The van der Waals surface area contributed by atoms with Gasteiger partial charge in [-0.2, -0.15) is 0 Å².